The van der Waals surface area contributed by atoms with Crippen LogP contribution in [0.4, 0.5) is 5.82 Å². The molecule has 4 aromatic rings. The lowest BCUT2D eigenvalue weighted by Gasteiger charge is -2.11. The second-order valence-electron chi connectivity index (χ2n) is 6.54. The van der Waals surface area contributed by atoms with Gasteiger partial charge in [-0.3, -0.25) is 19.6 Å². The van der Waals surface area contributed by atoms with Gasteiger partial charge in [-0.15, -0.1) is 0 Å². The maximum atomic E-state index is 13.1. The van der Waals surface area contributed by atoms with E-state index in [9.17, 15) is 13.2 Å². The normalized spacial score (nSPS) is 11.4. The third kappa shape index (κ3) is 3.85. The van der Waals surface area contributed by atoms with E-state index in [1.807, 2.05) is 6.07 Å². The maximum Gasteiger partial charge on any atom is 0.276 e. The van der Waals surface area contributed by atoms with Crippen molar-refractivity contribution in [3.63, 3.8) is 0 Å². The summed E-state index contributed by atoms with van der Waals surface area (Å²) in [7, 11) is -4.04. The molecule has 9 nitrogen and oxygen atoms in total. The second kappa shape index (κ2) is 7.91. The fourth-order valence-electron chi connectivity index (χ4n) is 3.02. The van der Waals surface area contributed by atoms with Gasteiger partial charge in [0.1, 0.15) is 10.7 Å². The number of sulfonamides is 1. The molecule has 0 atom stereocenters. The molecule has 0 unspecified atom stereocenters. The van der Waals surface area contributed by atoms with Crippen LogP contribution in [0.2, 0.25) is 0 Å². The summed E-state index contributed by atoms with van der Waals surface area (Å²) in [4.78, 5) is 25.1. The highest BCUT2D eigenvalue weighted by atomic mass is 32.2. The highest BCUT2D eigenvalue weighted by Gasteiger charge is 2.24. The first-order valence-electron chi connectivity index (χ1n) is 9.04. The smallest absolute Gasteiger partial charge is 0.276 e. The van der Waals surface area contributed by atoms with Gasteiger partial charge in [0.05, 0.1) is 0 Å². The van der Waals surface area contributed by atoms with Crippen molar-refractivity contribution < 1.29 is 8.42 Å². The van der Waals surface area contributed by atoms with E-state index in [0.29, 0.717) is 17.7 Å². The molecule has 0 aliphatic heterocycles. The Balaban J connectivity index is 1.76. The molecule has 0 amide bonds. The molecular formula is C20H18N6O3S. The Morgan fingerprint density at radius 1 is 1.03 bits per heavy atom. The number of pyridine rings is 3. The molecule has 0 aliphatic rings. The number of hydrogen-bond donors (Lipinski definition) is 2. The Hall–Kier alpha value is -3.79. The van der Waals surface area contributed by atoms with E-state index in [4.69, 9.17) is 0 Å². The molecule has 0 aliphatic carbocycles. The average molecular weight is 422 g/mol. The zero-order valence-electron chi connectivity index (χ0n) is 16.0. The predicted octanol–water partition coefficient (Wildman–Crippen LogP) is 2.05. The van der Waals surface area contributed by atoms with Crippen molar-refractivity contribution in [2.45, 2.75) is 18.2 Å². The Morgan fingerprint density at radius 2 is 1.83 bits per heavy atom. The van der Waals surface area contributed by atoms with Crippen molar-refractivity contribution in [2.24, 2.45) is 0 Å². The molecule has 2 N–H and O–H groups in total. The van der Waals surface area contributed by atoms with Gasteiger partial charge in [-0.2, -0.15) is 4.68 Å². The molecule has 0 spiro atoms. The first-order valence-corrected chi connectivity index (χ1v) is 10.5. The van der Waals surface area contributed by atoms with E-state index in [0.717, 1.165) is 10.2 Å². The molecule has 4 aromatic heterocycles. The summed E-state index contributed by atoms with van der Waals surface area (Å²) in [6, 6.07) is 11.4. The summed E-state index contributed by atoms with van der Waals surface area (Å²) < 4.78 is 29.5. The molecule has 10 heteroatoms. The molecule has 0 bridgehead atoms. The highest BCUT2D eigenvalue weighted by molar-refractivity contribution is 7.92. The molecular weight excluding hydrogens is 404 g/mol. The first-order chi connectivity index (χ1) is 14.5. The fraction of sp³-hybridized carbons (Fsp3) is 0.100. The zero-order chi connectivity index (χ0) is 21.1. The summed E-state index contributed by atoms with van der Waals surface area (Å²) in [6.07, 6.45) is 6.61. The van der Waals surface area contributed by atoms with Crippen LogP contribution in [0, 0.1) is 6.92 Å². The van der Waals surface area contributed by atoms with Crippen LogP contribution >= 0.6 is 0 Å². The third-order valence-electron chi connectivity index (χ3n) is 4.45. The highest BCUT2D eigenvalue weighted by Crippen LogP contribution is 2.20. The Labute approximate surface area is 172 Å². The summed E-state index contributed by atoms with van der Waals surface area (Å²) in [6.45, 7) is 1.76. The van der Waals surface area contributed by atoms with Crippen LogP contribution in [-0.4, -0.2) is 33.2 Å². The maximum absolute atomic E-state index is 13.1. The van der Waals surface area contributed by atoms with E-state index in [-0.39, 0.29) is 22.1 Å². The summed E-state index contributed by atoms with van der Waals surface area (Å²) >= 11 is 0. The van der Waals surface area contributed by atoms with Crippen molar-refractivity contribution in [1.82, 2.24) is 24.7 Å². The molecule has 152 valence electrons. The number of aromatic nitrogens is 5. The van der Waals surface area contributed by atoms with Crippen LogP contribution in [0.1, 0.15) is 16.8 Å². The van der Waals surface area contributed by atoms with E-state index in [1.165, 1.54) is 30.6 Å². The van der Waals surface area contributed by atoms with Crippen LogP contribution < -0.4 is 10.3 Å². The lowest BCUT2D eigenvalue weighted by atomic mass is 10.1. The van der Waals surface area contributed by atoms with Gasteiger partial charge in [-0.05, 0) is 42.8 Å². The van der Waals surface area contributed by atoms with E-state index < -0.39 is 10.0 Å². The number of nitrogens with one attached hydrogen (secondary N) is 2. The zero-order valence-corrected chi connectivity index (χ0v) is 16.8. The molecule has 4 heterocycles. The SMILES string of the molecule is Cc1[nH]n(-c2ncccc2S(=O)(=O)Nc2ccccn2)c(=O)c1Cc1cccnc1. The van der Waals surface area contributed by atoms with Gasteiger partial charge in [0.2, 0.25) is 0 Å². The lowest BCUT2D eigenvalue weighted by molar-refractivity contribution is 0.598. The lowest BCUT2D eigenvalue weighted by Crippen LogP contribution is -2.23. The van der Waals surface area contributed by atoms with Crippen LogP contribution in [0.3, 0.4) is 0 Å². The van der Waals surface area contributed by atoms with Crippen molar-refractivity contribution in [2.75, 3.05) is 4.72 Å². The standard InChI is InChI=1S/C20H18N6O3S/c1-14-16(12-15-6-4-9-21-13-15)20(27)26(24-14)19-17(7-5-11-23-19)30(28,29)25-18-8-2-3-10-22-18/h2-11,13,24H,12H2,1H3,(H,22,25). The molecule has 30 heavy (non-hydrogen) atoms. The molecule has 0 saturated carbocycles. The quantitative estimate of drug-likeness (QED) is 0.490. The number of anilines is 1. The summed E-state index contributed by atoms with van der Waals surface area (Å²) in [5, 5.41) is 2.94. The number of H-pyrrole nitrogens is 1. The minimum Gasteiger partial charge on any atom is -0.294 e. The molecule has 0 radical (unpaired) electrons. The average Bonchev–Trinajstić information content (AvgIpc) is 3.03. The van der Waals surface area contributed by atoms with Gasteiger partial charge in [-0.25, -0.2) is 18.4 Å². The number of aryl methyl sites for hydroxylation is 1. The molecule has 0 fully saturated rings. The predicted molar refractivity (Wildman–Crippen MR) is 111 cm³/mol. The topological polar surface area (TPSA) is 123 Å². The van der Waals surface area contributed by atoms with Crippen molar-refractivity contribution >= 4 is 15.8 Å². The van der Waals surface area contributed by atoms with Gasteiger partial charge in [0, 0.05) is 42.5 Å². The minimum atomic E-state index is -4.04. The largest absolute Gasteiger partial charge is 0.294 e. The van der Waals surface area contributed by atoms with Gasteiger partial charge < -0.3 is 0 Å². The third-order valence-corrected chi connectivity index (χ3v) is 5.83. The minimum absolute atomic E-state index is 0.0218. The van der Waals surface area contributed by atoms with Crippen molar-refractivity contribution in [3.8, 4) is 5.82 Å². The van der Waals surface area contributed by atoms with Crippen molar-refractivity contribution in [1.29, 1.82) is 0 Å². The van der Waals surface area contributed by atoms with Crippen LogP contribution in [-0.2, 0) is 16.4 Å². The van der Waals surface area contributed by atoms with Gasteiger partial charge in [0.15, 0.2) is 5.82 Å². The first kappa shape index (κ1) is 19.5. The molecule has 0 aromatic carbocycles. The Bertz CT molecular complexity index is 1330. The molecule has 0 saturated heterocycles. The summed E-state index contributed by atoms with van der Waals surface area (Å²) in [5.41, 5.74) is 1.63. The summed E-state index contributed by atoms with van der Waals surface area (Å²) in [5.74, 6) is 0.144. The Morgan fingerprint density at radius 3 is 2.57 bits per heavy atom. The van der Waals surface area contributed by atoms with Crippen LogP contribution in [0.25, 0.3) is 5.82 Å². The monoisotopic (exact) mass is 422 g/mol. The van der Waals surface area contributed by atoms with E-state index >= 15 is 0 Å². The van der Waals surface area contributed by atoms with E-state index in [1.54, 1.807) is 37.5 Å². The van der Waals surface area contributed by atoms with Gasteiger partial charge in [0.25, 0.3) is 15.6 Å². The number of rotatable bonds is 6. The number of nitrogens with zero attached hydrogens (tertiary/aromatic N) is 4. The molecule has 4 rings (SSSR count). The van der Waals surface area contributed by atoms with Gasteiger partial charge in [-0.1, -0.05) is 12.1 Å². The number of aromatic amines is 1. The van der Waals surface area contributed by atoms with Crippen LogP contribution in [0.5, 0.6) is 0 Å². The Kier molecular flexibility index (Phi) is 5.15. The van der Waals surface area contributed by atoms with Crippen molar-refractivity contribution in [3.05, 3.63) is 94.4 Å². The van der Waals surface area contributed by atoms with E-state index in [2.05, 4.69) is 24.8 Å². The van der Waals surface area contributed by atoms with Gasteiger partial charge >= 0.3 is 0 Å². The fourth-order valence-corrected chi connectivity index (χ4v) is 4.17. The number of hydrogen-bond acceptors (Lipinski definition) is 6. The van der Waals surface area contributed by atoms with Crippen LogP contribution in [0.15, 0.2) is 76.9 Å². The second-order valence-corrected chi connectivity index (χ2v) is 8.19.